The van der Waals surface area contributed by atoms with Gasteiger partial charge in [-0.3, -0.25) is 9.69 Å². The van der Waals surface area contributed by atoms with E-state index in [2.05, 4.69) is 11.8 Å². The Kier molecular flexibility index (Phi) is 6.73. The van der Waals surface area contributed by atoms with Crippen LogP contribution in [0.1, 0.15) is 69.4 Å². The van der Waals surface area contributed by atoms with Crippen LogP contribution < -0.4 is 4.74 Å². The van der Waals surface area contributed by atoms with Gasteiger partial charge in [-0.05, 0) is 79.7 Å². The van der Waals surface area contributed by atoms with Gasteiger partial charge in [-0.15, -0.1) is 0 Å². The third-order valence-electron chi connectivity index (χ3n) is 8.43. The number of hydrogen-bond acceptors (Lipinski definition) is 4. The second-order valence-electron chi connectivity index (χ2n) is 10.7. The average molecular weight is 490 g/mol. The lowest BCUT2D eigenvalue weighted by molar-refractivity contribution is -0.148. The third kappa shape index (κ3) is 4.89. The molecule has 190 valence electrons. The van der Waals surface area contributed by atoms with Crippen LogP contribution >= 0.6 is 0 Å². The maximum atomic E-state index is 14.3. The minimum absolute atomic E-state index is 0.0549. The summed E-state index contributed by atoms with van der Waals surface area (Å²) in [6.45, 7) is 2.76. The molecule has 4 nitrogen and oxygen atoms in total. The van der Waals surface area contributed by atoms with E-state index >= 15 is 0 Å². The number of benzene rings is 2. The minimum atomic E-state index is -4.51. The standard InChI is InChI=1S/C28H34F3NO3/c1-17-6-10-22(11-7-17)35-25-13-12-23-18(4-3-5-24(23)26(25)28(29,30)31)16-32-20-8-9-21(32)15-19(14-20)27(33)34-2/h3-5,12-13,17,19-22H,6-11,14-16H2,1-2H3/t17-,19?,20?,21?,22+. The zero-order chi connectivity index (χ0) is 24.7. The molecular formula is C28H34F3NO3. The Morgan fingerprint density at radius 1 is 0.971 bits per heavy atom. The van der Waals surface area contributed by atoms with Crippen molar-refractivity contribution < 1.29 is 27.4 Å². The van der Waals surface area contributed by atoms with Crippen molar-refractivity contribution >= 4 is 16.7 Å². The first kappa shape index (κ1) is 24.4. The summed E-state index contributed by atoms with van der Waals surface area (Å²) in [7, 11) is 1.43. The number of halogens is 3. The van der Waals surface area contributed by atoms with Gasteiger partial charge in [0.15, 0.2) is 0 Å². The number of methoxy groups -OCH3 is 1. The third-order valence-corrected chi connectivity index (χ3v) is 8.43. The van der Waals surface area contributed by atoms with E-state index in [0.717, 1.165) is 56.9 Å². The normalized spacial score (nSPS) is 29.3. The van der Waals surface area contributed by atoms with Crippen molar-refractivity contribution in [1.82, 2.24) is 4.90 Å². The second-order valence-corrected chi connectivity index (χ2v) is 10.7. The lowest BCUT2D eigenvalue weighted by Crippen LogP contribution is -2.44. The molecule has 3 aliphatic rings. The molecule has 0 radical (unpaired) electrons. The summed E-state index contributed by atoms with van der Waals surface area (Å²) in [6.07, 6.45) is 2.40. The number of esters is 1. The molecule has 2 heterocycles. The molecule has 2 saturated heterocycles. The Morgan fingerprint density at radius 2 is 1.66 bits per heavy atom. The van der Waals surface area contributed by atoms with Crippen molar-refractivity contribution in [3.8, 4) is 5.75 Å². The number of carbonyl (C=O) groups is 1. The molecule has 0 spiro atoms. The van der Waals surface area contributed by atoms with Gasteiger partial charge in [0.25, 0.3) is 0 Å². The van der Waals surface area contributed by atoms with Gasteiger partial charge < -0.3 is 9.47 Å². The first-order valence-corrected chi connectivity index (χ1v) is 12.9. The van der Waals surface area contributed by atoms with Crippen molar-refractivity contribution in [2.45, 2.75) is 89.2 Å². The highest BCUT2D eigenvalue weighted by atomic mass is 19.4. The van der Waals surface area contributed by atoms with E-state index < -0.39 is 11.7 Å². The highest BCUT2D eigenvalue weighted by Gasteiger charge is 2.43. The molecule has 35 heavy (non-hydrogen) atoms. The van der Waals surface area contributed by atoms with Crippen LogP contribution in [-0.4, -0.2) is 36.2 Å². The second kappa shape index (κ2) is 9.64. The van der Waals surface area contributed by atoms with Crippen LogP contribution in [0, 0.1) is 11.8 Å². The largest absolute Gasteiger partial charge is 0.490 e. The van der Waals surface area contributed by atoms with Crippen LogP contribution in [0.15, 0.2) is 30.3 Å². The number of ether oxygens (including phenoxy) is 2. The Hall–Kier alpha value is -2.28. The zero-order valence-corrected chi connectivity index (χ0v) is 20.4. The average Bonchev–Trinajstić information content (AvgIpc) is 3.05. The highest BCUT2D eigenvalue weighted by molar-refractivity contribution is 5.91. The topological polar surface area (TPSA) is 38.8 Å². The first-order valence-electron chi connectivity index (χ1n) is 12.9. The summed E-state index contributed by atoms with van der Waals surface area (Å²) in [4.78, 5) is 14.5. The summed E-state index contributed by atoms with van der Waals surface area (Å²) in [5, 5.41) is 0.826. The molecule has 0 aromatic heterocycles. The number of fused-ring (bicyclic) bond motifs is 3. The summed E-state index contributed by atoms with van der Waals surface area (Å²) >= 11 is 0. The Balaban J connectivity index is 1.43. The Morgan fingerprint density at radius 3 is 2.29 bits per heavy atom. The molecule has 3 fully saturated rings. The Bertz CT molecular complexity index is 1060. The van der Waals surface area contributed by atoms with Gasteiger partial charge >= 0.3 is 12.1 Å². The van der Waals surface area contributed by atoms with Crippen molar-refractivity contribution in [1.29, 1.82) is 0 Å². The number of alkyl halides is 3. The number of nitrogens with zero attached hydrogens (tertiary/aromatic N) is 1. The lowest BCUT2D eigenvalue weighted by Gasteiger charge is -2.38. The zero-order valence-electron chi connectivity index (χ0n) is 20.4. The molecule has 1 saturated carbocycles. The molecule has 7 heteroatoms. The van der Waals surface area contributed by atoms with Crippen molar-refractivity contribution in [2.75, 3.05) is 7.11 Å². The number of piperidine rings is 1. The van der Waals surface area contributed by atoms with Crippen LogP contribution in [-0.2, 0) is 22.3 Å². The predicted molar refractivity (Wildman–Crippen MR) is 128 cm³/mol. The molecule has 0 amide bonds. The number of rotatable bonds is 5. The summed E-state index contributed by atoms with van der Waals surface area (Å²) in [5.74, 6) is 0.312. The molecule has 2 unspecified atom stereocenters. The monoisotopic (exact) mass is 489 g/mol. The molecule has 0 N–H and O–H groups in total. The van der Waals surface area contributed by atoms with E-state index in [4.69, 9.17) is 9.47 Å². The lowest BCUT2D eigenvalue weighted by atomic mass is 9.89. The molecule has 5 rings (SSSR count). The van der Waals surface area contributed by atoms with Gasteiger partial charge in [-0.2, -0.15) is 13.2 Å². The van der Waals surface area contributed by atoms with E-state index in [1.54, 1.807) is 18.2 Å². The quantitative estimate of drug-likeness (QED) is 0.437. The molecule has 2 aromatic rings. The smallest absolute Gasteiger partial charge is 0.420 e. The van der Waals surface area contributed by atoms with E-state index in [1.165, 1.54) is 13.2 Å². The van der Waals surface area contributed by atoms with Gasteiger partial charge in [0.1, 0.15) is 11.3 Å². The van der Waals surface area contributed by atoms with E-state index in [1.807, 2.05) is 6.07 Å². The molecule has 1 aliphatic carbocycles. The summed E-state index contributed by atoms with van der Waals surface area (Å²) < 4.78 is 54.0. The van der Waals surface area contributed by atoms with Crippen molar-refractivity contribution in [2.24, 2.45) is 11.8 Å². The molecule has 2 aliphatic heterocycles. The Labute approximate surface area is 204 Å². The van der Waals surface area contributed by atoms with Gasteiger partial charge in [0, 0.05) is 18.6 Å². The fourth-order valence-corrected chi connectivity index (χ4v) is 6.55. The van der Waals surface area contributed by atoms with Crippen LogP contribution in [0.2, 0.25) is 0 Å². The maximum Gasteiger partial charge on any atom is 0.420 e. The fourth-order valence-electron chi connectivity index (χ4n) is 6.55. The highest BCUT2D eigenvalue weighted by Crippen LogP contribution is 2.45. The van der Waals surface area contributed by atoms with Crippen LogP contribution in [0.5, 0.6) is 5.75 Å². The van der Waals surface area contributed by atoms with Crippen molar-refractivity contribution in [3.05, 3.63) is 41.5 Å². The van der Waals surface area contributed by atoms with E-state index in [0.29, 0.717) is 17.8 Å². The number of hydrogen-bond donors (Lipinski definition) is 0. The SMILES string of the molecule is COC(=O)C1CC2CCC(C1)N2Cc1cccc2c(C(F)(F)F)c(O[C@H]3CC[C@@H](C)CC3)ccc12. The van der Waals surface area contributed by atoms with Gasteiger partial charge in [0.2, 0.25) is 0 Å². The molecular weight excluding hydrogens is 455 g/mol. The van der Waals surface area contributed by atoms with Gasteiger partial charge in [0.05, 0.1) is 19.1 Å². The minimum Gasteiger partial charge on any atom is -0.490 e. The molecule has 2 bridgehead atoms. The van der Waals surface area contributed by atoms with Crippen molar-refractivity contribution in [3.63, 3.8) is 0 Å². The molecule has 2 atom stereocenters. The van der Waals surface area contributed by atoms with Gasteiger partial charge in [-0.1, -0.05) is 31.2 Å². The van der Waals surface area contributed by atoms with E-state index in [-0.39, 0.29) is 41.2 Å². The van der Waals surface area contributed by atoms with E-state index in [9.17, 15) is 18.0 Å². The predicted octanol–water partition coefficient (Wildman–Crippen LogP) is 6.73. The van der Waals surface area contributed by atoms with Crippen LogP contribution in [0.4, 0.5) is 13.2 Å². The summed E-state index contributed by atoms with van der Waals surface area (Å²) in [6, 6.07) is 9.04. The van der Waals surface area contributed by atoms with Crippen LogP contribution in [0.3, 0.4) is 0 Å². The first-order chi connectivity index (χ1) is 16.7. The maximum absolute atomic E-state index is 14.3. The molecule has 2 aromatic carbocycles. The van der Waals surface area contributed by atoms with Crippen LogP contribution in [0.25, 0.3) is 10.8 Å². The summed E-state index contributed by atoms with van der Waals surface area (Å²) in [5.41, 5.74) is 0.224. The number of carbonyl (C=O) groups excluding carboxylic acids is 1. The van der Waals surface area contributed by atoms with Gasteiger partial charge in [-0.25, -0.2) is 0 Å². The fraction of sp³-hybridized carbons (Fsp3) is 0.607.